The predicted octanol–water partition coefficient (Wildman–Crippen LogP) is 4.65. The highest BCUT2D eigenvalue weighted by Gasteiger charge is 2.22. The van der Waals surface area contributed by atoms with Crippen molar-refractivity contribution in [3.05, 3.63) is 64.2 Å². The van der Waals surface area contributed by atoms with Crippen molar-refractivity contribution in [3.8, 4) is 6.07 Å². The zero-order valence-corrected chi connectivity index (χ0v) is 15.1. The van der Waals surface area contributed by atoms with E-state index in [-0.39, 0.29) is 10.8 Å². The standard InChI is InChI=1S/C20H18ClN3O2/c1-2-3-8-17-23-19(21)18(20(25)26)24(17)12-14-10-9-13(11-22)15-6-4-5-7-16(14)15/h4-7,9-10H,2-3,8,12H2,1H3,(H,25,26). The van der Waals surface area contributed by atoms with Gasteiger partial charge in [0.15, 0.2) is 10.8 Å². The van der Waals surface area contributed by atoms with Gasteiger partial charge in [0.2, 0.25) is 0 Å². The first kappa shape index (κ1) is 18.0. The van der Waals surface area contributed by atoms with E-state index in [1.165, 1.54) is 0 Å². The summed E-state index contributed by atoms with van der Waals surface area (Å²) in [7, 11) is 0. The number of fused-ring (bicyclic) bond motifs is 1. The van der Waals surface area contributed by atoms with Crippen molar-refractivity contribution in [2.24, 2.45) is 0 Å². The number of nitriles is 1. The van der Waals surface area contributed by atoms with Gasteiger partial charge in [0.25, 0.3) is 0 Å². The first-order chi connectivity index (χ1) is 12.6. The number of carbonyl (C=O) groups is 1. The topological polar surface area (TPSA) is 78.9 Å². The summed E-state index contributed by atoms with van der Waals surface area (Å²) >= 11 is 6.10. The fourth-order valence-electron chi connectivity index (χ4n) is 3.13. The molecule has 0 spiro atoms. The molecule has 0 saturated heterocycles. The fourth-order valence-corrected chi connectivity index (χ4v) is 3.41. The molecule has 0 radical (unpaired) electrons. The minimum absolute atomic E-state index is 0.00575. The SMILES string of the molecule is CCCCc1nc(Cl)c(C(=O)O)n1Cc1ccc(C#N)c2ccccc12. The van der Waals surface area contributed by atoms with Crippen LogP contribution in [0.2, 0.25) is 5.15 Å². The maximum absolute atomic E-state index is 11.7. The van der Waals surface area contributed by atoms with Gasteiger partial charge in [0.05, 0.1) is 18.2 Å². The molecule has 0 aliphatic carbocycles. The first-order valence-corrected chi connectivity index (χ1v) is 8.83. The molecule has 0 aliphatic rings. The minimum atomic E-state index is -1.09. The van der Waals surface area contributed by atoms with Crippen LogP contribution in [0.4, 0.5) is 0 Å². The van der Waals surface area contributed by atoms with Gasteiger partial charge in [-0.05, 0) is 28.8 Å². The number of aromatic nitrogens is 2. The molecular weight excluding hydrogens is 350 g/mol. The lowest BCUT2D eigenvalue weighted by Crippen LogP contribution is -2.13. The summed E-state index contributed by atoms with van der Waals surface area (Å²) in [6.07, 6.45) is 2.55. The number of rotatable bonds is 6. The maximum atomic E-state index is 11.7. The normalized spacial score (nSPS) is 10.8. The van der Waals surface area contributed by atoms with Crippen LogP contribution in [0, 0.1) is 11.3 Å². The molecule has 1 aromatic heterocycles. The first-order valence-electron chi connectivity index (χ1n) is 8.45. The lowest BCUT2D eigenvalue weighted by molar-refractivity contribution is 0.0685. The van der Waals surface area contributed by atoms with E-state index in [4.69, 9.17) is 11.6 Å². The number of hydrogen-bond donors (Lipinski definition) is 1. The number of aromatic carboxylic acids is 1. The van der Waals surface area contributed by atoms with Crippen LogP contribution in [0.25, 0.3) is 10.8 Å². The van der Waals surface area contributed by atoms with Gasteiger partial charge in [-0.15, -0.1) is 0 Å². The van der Waals surface area contributed by atoms with Crippen LogP contribution in [-0.2, 0) is 13.0 Å². The molecule has 6 heteroatoms. The zero-order chi connectivity index (χ0) is 18.7. The molecule has 0 amide bonds. The molecule has 0 aliphatic heterocycles. The summed E-state index contributed by atoms with van der Waals surface area (Å²) in [5.74, 6) is -0.425. The molecule has 0 saturated carbocycles. The van der Waals surface area contributed by atoms with Crippen LogP contribution in [0.15, 0.2) is 36.4 Å². The van der Waals surface area contributed by atoms with Gasteiger partial charge < -0.3 is 9.67 Å². The molecule has 3 aromatic rings. The van der Waals surface area contributed by atoms with Crippen molar-refractivity contribution in [3.63, 3.8) is 0 Å². The molecule has 26 heavy (non-hydrogen) atoms. The average Bonchev–Trinajstić information content (AvgIpc) is 2.95. The molecule has 0 fully saturated rings. The zero-order valence-electron chi connectivity index (χ0n) is 14.4. The number of benzene rings is 2. The Labute approximate surface area is 156 Å². The van der Waals surface area contributed by atoms with Crippen molar-refractivity contribution >= 4 is 28.3 Å². The number of carboxylic acids is 1. The van der Waals surface area contributed by atoms with E-state index in [2.05, 4.69) is 18.0 Å². The summed E-state index contributed by atoms with van der Waals surface area (Å²) in [5, 5.41) is 20.7. The number of imidazole rings is 1. The Morgan fingerprint density at radius 1 is 1.27 bits per heavy atom. The Morgan fingerprint density at radius 2 is 2.00 bits per heavy atom. The van der Waals surface area contributed by atoms with Gasteiger partial charge in [-0.3, -0.25) is 0 Å². The van der Waals surface area contributed by atoms with Crippen LogP contribution in [-0.4, -0.2) is 20.6 Å². The summed E-state index contributed by atoms with van der Waals surface area (Å²) in [6.45, 7) is 2.41. The molecule has 1 N–H and O–H groups in total. The summed E-state index contributed by atoms with van der Waals surface area (Å²) in [6, 6.07) is 13.5. The van der Waals surface area contributed by atoms with E-state index in [9.17, 15) is 15.2 Å². The van der Waals surface area contributed by atoms with Crippen molar-refractivity contribution in [1.29, 1.82) is 5.26 Å². The van der Waals surface area contributed by atoms with Crippen LogP contribution in [0.1, 0.15) is 47.2 Å². The Morgan fingerprint density at radius 3 is 2.65 bits per heavy atom. The predicted molar refractivity (Wildman–Crippen MR) is 101 cm³/mol. The number of halogens is 1. The number of aryl methyl sites for hydroxylation is 1. The number of carboxylic acid groups (broad SMARTS) is 1. The lowest BCUT2D eigenvalue weighted by atomic mass is 10.00. The number of hydrogen-bond acceptors (Lipinski definition) is 3. The van der Waals surface area contributed by atoms with Gasteiger partial charge >= 0.3 is 5.97 Å². The van der Waals surface area contributed by atoms with Crippen molar-refractivity contribution in [2.45, 2.75) is 32.7 Å². The second-order valence-corrected chi connectivity index (χ2v) is 6.45. The van der Waals surface area contributed by atoms with Crippen LogP contribution < -0.4 is 0 Å². The quantitative estimate of drug-likeness (QED) is 0.687. The van der Waals surface area contributed by atoms with Gasteiger partial charge in [-0.2, -0.15) is 5.26 Å². The molecule has 2 aromatic carbocycles. The van der Waals surface area contributed by atoms with E-state index in [1.54, 1.807) is 10.6 Å². The molecular formula is C20H18ClN3O2. The smallest absolute Gasteiger partial charge is 0.355 e. The molecule has 0 atom stereocenters. The van der Waals surface area contributed by atoms with Gasteiger partial charge in [0, 0.05) is 6.42 Å². The van der Waals surface area contributed by atoms with Gasteiger partial charge in [-0.1, -0.05) is 55.3 Å². The van der Waals surface area contributed by atoms with Crippen LogP contribution in [0.5, 0.6) is 0 Å². The second kappa shape index (κ2) is 7.59. The maximum Gasteiger partial charge on any atom is 0.355 e. The van der Waals surface area contributed by atoms with Gasteiger partial charge in [-0.25, -0.2) is 9.78 Å². The van der Waals surface area contributed by atoms with Crippen molar-refractivity contribution in [1.82, 2.24) is 9.55 Å². The summed E-state index contributed by atoms with van der Waals surface area (Å²) in [4.78, 5) is 16.0. The highest BCUT2D eigenvalue weighted by atomic mass is 35.5. The van der Waals surface area contributed by atoms with Crippen LogP contribution in [0.3, 0.4) is 0 Å². The van der Waals surface area contributed by atoms with Gasteiger partial charge in [0.1, 0.15) is 5.82 Å². The highest BCUT2D eigenvalue weighted by molar-refractivity contribution is 6.32. The van der Waals surface area contributed by atoms with Crippen molar-refractivity contribution in [2.75, 3.05) is 0 Å². The molecule has 3 rings (SSSR count). The average molecular weight is 368 g/mol. The molecule has 0 bridgehead atoms. The second-order valence-electron chi connectivity index (χ2n) is 6.09. The lowest BCUT2D eigenvalue weighted by Gasteiger charge is -2.13. The largest absolute Gasteiger partial charge is 0.476 e. The third kappa shape index (κ3) is 3.29. The van der Waals surface area contributed by atoms with E-state index in [0.29, 0.717) is 24.4 Å². The third-order valence-electron chi connectivity index (χ3n) is 4.42. The molecule has 5 nitrogen and oxygen atoms in total. The molecule has 0 unspecified atom stereocenters. The fraction of sp³-hybridized carbons (Fsp3) is 0.250. The third-order valence-corrected chi connectivity index (χ3v) is 4.69. The molecule has 132 valence electrons. The number of nitrogens with zero attached hydrogens (tertiary/aromatic N) is 3. The Hall–Kier alpha value is -2.84. The van der Waals surface area contributed by atoms with Crippen LogP contribution >= 0.6 is 11.6 Å². The van der Waals surface area contributed by atoms with E-state index < -0.39 is 5.97 Å². The number of unbranched alkanes of at least 4 members (excludes halogenated alkanes) is 1. The Balaban J connectivity index is 2.13. The monoisotopic (exact) mass is 367 g/mol. The molecule has 1 heterocycles. The Kier molecular flexibility index (Phi) is 5.24. The summed E-state index contributed by atoms with van der Waals surface area (Å²) < 4.78 is 1.67. The van der Waals surface area contributed by atoms with E-state index in [0.717, 1.165) is 29.2 Å². The minimum Gasteiger partial charge on any atom is -0.476 e. The Bertz CT molecular complexity index is 1020. The van der Waals surface area contributed by atoms with Crippen molar-refractivity contribution < 1.29 is 9.90 Å². The summed E-state index contributed by atoms with van der Waals surface area (Å²) in [5.41, 5.74) is 1.53. The highest BCUT2D eigenvalue weighted by Crippen LogP contribution is 2.26. The van der Waals surface area contributed by atoms with E-state index >= 15 is 0 Å². The van der Waals surface area contributed by atoms with E-state index in [1.807, 2.05) is 30.3 Å².